The zero-order chi connectivity index (χ0) is 25.0. The Labute approximate surface area is 186 Å². The summed E-state index contributed by atoms with van der Waals surface area (Å²) >= 11 is 0. The van der Waals surface area contributed by atoms with Gasteiger partial charge in [0.1, 0.15) is 5.75 Å². The van der Waals surface area contributed by atoms with Gasteiger partial charge < -0.3 is 25.4 Å². The number of aliphatic hydroxyl groups excluding tert-OH is 2. The van der Waals surface area contributed by atoms with Crippen LogP contribution in [0.1, 0.15) is 66.8 Å². The van der Waals surface area contributed by atoms with Gasteiger partial charge in [-0.15, -0.1) is 0 Å². The van der Waals surface area contributed by atoms with E-state index < -0.39 is 25.8 Å². The highest BCUT2D eigenvalue weighted by Gasteiger charge is 2.09. The van der Waals surface area contributed by atoms with Crippen molar-refractivity contribution in [3.63, 3.8) is 0 Å². The van der Waals surface area contributed by atoms with Gasteiger partial charge in [-0.3, -0.25) is 0 Å². The summed E-state index contributed by atoms with van der Waals surface area (Å²) in [5.74, 6) is -0.108. The highest BCUT2D eigenvalue weighted by molar-refractivity contribution is 5.36. The molecule has 0 aliphatic rings. The van der Waals surface area contributed by atoms with Crippen molar-refractivity contribution in [2.24, 2.45) is 0 Å². The normalized spacial score (nSPS) is 15.1. The van der Waals surface area contributed by atoms with Gasteiger partial charge in [-0.25, -0.2) is 0 Å². The number of benzene rings is 2. The third-order valence-corrected chi connectivity index (χ3v) is 4.82. The van der Waals surface area contributed by atoms with Crippen LogP contribution in [0.3, 0.4) is 0 Å². The summed E-state index contributed by atoms with van der Waals surface area (Å²) in [6.45, 7) is -3.48. The molecule has 0 aliphatic heterocycles. The van der Waals surface area contributed by atoms with Gasteiger partial charge in [0, 0.05) is 28.0 Å². The number of hydrogen-bond donors (Lipinski definition) is 4. The molecule has 0 aromatic heterocycles. The van der Waals surface area contributed by atoms with Crippen molar-refractivity contribution in [3.8, 4) is 5.75 Å². The predicted molar refractivity (Wildman–Crippen MR) is 121 cm³/mol. The SMILES string of the molecule is [2H]C([2H])(CCCCCNC([2H])([2H])C(O)c1ccc(O)c(CO)c1)OCCCCc1ccccc1. The lowest BCUT2D eigenvalue weighted by Gasteiger charge is -2.14. The topological polar surface area (TPSA) is 82.0 Å². The van der Waals surface area contributed by atoms with Crippen LogP contribution in [0.15, 0.2) is 48.5 Å². The van der Waals surface area contributed by atoms with Gasteiger partial charge in [0.2, 0.25) is 0 Å². The Morgan fingerprint density at radius 1 is 0.967 bits per heavy atom. The molecule has 5 nitrogen and oxygen atoms in total. The van der Waals surface area contributed by atoms with Crippen LogP contribution < -0.4 is 5.32 Å². The second kappa shape index (κ2) is 15.0. The lowest BCUT2D eigenvalue weighted by molar-refractivity contribution is 0.126. The van der Waals surface area contributed by atoms with Gasteiger partial charge in [-0.05, 0) is 61.9 Å². The van der Waals surface area contributed by atoms with Crippen molar-refractivity contribution >= 4 is 0 Å². The lowest BCUT2D eigenvalue weighted by Crippen LogP contribution is -2.22. The Morgan fingerprint density at radius 2 is 1.77 bits per heavy atom. The van der Waals surface area contributed by atoms with E-state index in [-0.39, 0.29) is 23.3 Å². The molecule has 30 heavy (non-hydrogen) atoms. The number of aromatic hydroxyl groups is 1. The number of phenols is 1. The second-order valence-electron chi connectivity index (χ2n) is 7.27. The summed E-state index contributed by atoms with van der Waals surface area (Å²) in [5, 5.41) is 32.0. The Kier molecular flexibility index (Phi) is 9.39. The van der Waals surface area contributed by atoms with E-state index in [4.69, 9.17) is 10.2 Å². The molecule has 166 valence electrons. The molecule has 0 radical (unpaired) electrons. The standard InChI is InChI=1S/C25H37NO4/c27-20-23-18-22(13-14-24(23)28)25(29)19-26-15-7-1-2-8-16-30-17-9-6-12-21-10-4-3-5-11-21/h3-5,10-11,13-14,18,25-29H,1-2,6-9,12,15-17,19-20H2/i16D2,19D2. The second-order valence-corrected chi connectivity index (χ2v) is 7.27. The molecule has 1 unspecified atom stereocenters. The fourth-order valence-electron chi connectivity index (χ4n) is 3.03. The number of aliphatic hydroxyl groups is 2. The van der Waals surface area contributed by atoms with Crippen molar-refractivity contribution in [3.05, 3.63) is 65.2 Å². The van der Waals surface area contributed by atoms with Crippen LogP contribution in [-0.2, 0) is 17.8 Å². The van der Waals surface area contributed by atoms with Crippen LogP contribution in [0.5, 0.6) is 5.75 Å². The quantitative estimate of drug-likeness (QED) is 0.308. The molecule has 0 aliphatic carbocycles. The molecule has 0 bridgehead atoms. The first kappa shape index (κ1) is 18.8. The van der Waals surface area contributed by atoms with E-state index in [1.54, 1.807) is 0 Å². The average Bonchev–Trinajstić information content (AvgIpc) is 2.81. The zero-order valence-corrected chi connectivity index (χ0v) is 17.5. The van der Waals surface area contributed by atoms with Crippen molar-refractivity contribution in [2.75, 3.05) is 26.2 Å². The number of hydrogen-bond acceptors (Lipinski definition) is 5. The van der Waals surface area contributed by atoms with Gasteiger partial charge >= 0.3 is 0 Å². The maximum atomic E-state index is 10.4. The summed E-state index contributed by atoms with van der Waals surface area (Å²) in [6.07, 6.45) is 3.45. The van der Waals surface area contributed by atoms with Gasteiger partial charge in [-0.1, -0.05) is 49.2 Å². The smallest absolute Gasteiger partial charge is 0.121 e. The minimum absolute atomic E-state index is 0.108. The first-order valence-corrected chi connectivity index (χ1v) is 10.7. The molecule has 2 rings (SSSR count). The maximum Gasteiger partial charge on any atom is 0.121 e. The molecule has 0 spiro atoms. The third kappa shape index (κ3) is 9.72. The van der Waals surface area contributed by atoms with Crippen LogP contribution in [0.2, 0.25) is 0 Å². The first-order chi connectivity index (χ1) is 16.1. The summed E-state index contributed by atoms with van der Waals surface area (Å²) in [5.41, 5.74) is 1.75. The van der Waals surface area contributed by atoms with E-state index in [0.717, 1.165) is 19.3 Å². The van der Waals surface area contributed by atoms with E-state index >= 15 is 0 Å². The van der Waals surface area contributed by atoms with Gasteiger partial charge in [0.25, 0.3) is 0 Å². The molecule has 0 saturated heterocycles. The highest BCUT2D eigenvalue weighted by atomic mass is 16.5. The van der Waals surface area contributed by atoms with Crippen LogP contribution in [-0.4, -0.2) is 41.5 Å². The Hall–Kier alpha value is -1.92. The molecule has 1 atom stereocenters. The Bertz CT molecular complexity index is 852. The van der Waals surface area contributed by atoms with Crippen LogP contribution in [0.4, 0.5) is 0 Å². The Balaban J connectivity index is 1.60. The van der Waals surface area contributed by atoms with Crippen molar-refractivity contribution < 1.29 is 25.5 Å². The minimum Gasteiger partial charge on any atom is -0.508 e. The summed E-state index contributed by atoms with van der Waals surface area (Å²) in [7, 11) is 0. The van der Waals surface area contributed by atoms with Gasteiger partial charge in [0.05, 0.1) is 15.5 Å². The molecule has 2 aromatic carbocycles. The maximum absolute atomic E-state index is 10.4. The molecule has 2 aromatic rings. The average molecular weight is 420 g/mol. The molecule has 0 amide bonds. The van der Waals surface area contributed by atoms with Crippen molar-refractivity contribution in [1.29, 1.82) is 0 Å². The minimum atomic E-state index is -2.10. The number of rotatable bonds is 16. The van der Waals surface area contributed by atoms with E-state index in [2.05, 4.69) is 17.4 Å². The molecule has 0 fully saturated rings. The van der Waals surface area contributed by atoms with Crippen LogP contribution in [0, 0.1) is 0 Å². The zero-order valence-electron chi connectivity index (χ0n) is 21.5. The van der Waals surface area contributed by atoms with E-state index in [1.165, 1.54) is 23.8 Å². The first-order valence-electron chi connectivity index (χ1n) is 12.7. The summed E-state index contributed by atoms with van der Waals surface area (Å²) in [6, 6.07) is 14.3. The van der Waals surface area contributed by atoms with Gasteiger partial charge in [-0.2, -0.15) is 0 Å². The summed E-state index contributed by atoms with van der Waals surface area (Å²) in [4.78, 5) is 0. The number of aryl methyl sites for hydroxylation is 1. The molecule has 0 saturated carbocycles. The highest BCUT2D eigenvalue weighted by Crippen LogP contribution is 2.22. The van der Waals surface area contributed by atoms with Crippen molar-refractivity contribution in [2.45, 2.75) is 57.7 Å². The molecule has 0 heterocycles. The number of nitrogens with one attached hydrogen (secondary N) is 1. The molecule has 5 heteroatoms. The largest absolute Gasteiger partial charge is 0.508 e. The lowest BCUT2D eigenvalue weighted by atomic mass is 10.1. The molecular formula is C25H37NO4. The van der Waals surface area contributed by atoms with Crippen molar-refractivity contribution in [1.82, 2.24) is 5.32 Å². The van der Waals surface area contributed by atoms with E-state index in [9.17, 15) is 15.3 Å². The predicted octanol–water partition coefficient (Wildman–Crippen LogP) is 4.11. The van der Waals surface area contributed by atoms with E-state index in [1.807, 2.05) is 18.2 Å². The Morgan fingerprint density at radius 3 is 2.57 bits per heavy atom. The van der Waals surface area contributed by atoms with Crippen LogP contribution in [0.25, 0.3) is 0 Å². The van der Waals surface area contributed by atoms with Gasteiger partial charge in [0.15, 0.2) is 0 Å². The monoisotopic (exact) mass is 419 g/mol. The fourth-order valence-corrected chi connectivity index (χ4v) is 3.03. The van der Waals surface area contributed by atoms with E-state index in [0.29, 0.717) is 32.4 Å². The number of ether oxygens (including phenoxy) is 1. The fraction of sp³-hybridized carbons (Fsp3) is 0.520. The third-order valence-electron chi connectivity index (χ3n) is 4.82. The summed E-state index contributed by atoms with van der Waals surface area (Å²) < 4.78 is 37.6. The molecule has 4 N–H and O–H groups in total. The molecular weight excluding hydrogens is 378 g/mol. The number of unbranched alkanes of at least 4 members (excludes halogenated alkanes) is 3. The van der Waals surface area contributed by atoms with Crippen LogP contribution >= 0.6 is 0 Å².